The molecule has 0 aromatic heterocycles. The highest BCUT2D eigenvalue weighted by molar-refractivity contribution is 7.91. The van der Waals surface area contributed by atoms with E-state index in [-0.39, 0.29) is 151 Å². The lowest BCUT2D eigenvalue weighted by Gasteiger charge is -2.35. The van der Waals surface area contributed by atoms with Crippen molar-refractivity contribution in [1.82, 2.24) is 29.6 Å². The molecule has 2 heterocycles. The van der Waals surface area contributed by atoms with Gasteiger partial charge in [-0.15, -0.1) is 0 Å². The van der Waals surface area contributed by atoms with Crippen LogP contribution >= 0.6 is 0 Å². The molecule has 1 amide bonds. The van der Waals surface area contributed by atoms with Gasteiger partial charge in [0.1, 0.15) is 29.5 Å². The molecule has 8 rings (SSSR count). The summed E-state index contributed by atoms with van der Waals surface area (Å²) in [5.74, 6) is -1.94. The number of sulfone groups is 1. The van der Waals surface area contributed by atoms with Gasteiger partial charge in [-0.05, 0) is 148 Å². The number of hydrogen-bond donors (Lipinski definition) is 4. The van der Waals surface area contributed by atoms with E-state index >= 15 is 0 Å². The van der Waals surface area contributed by atoms with Crippen molar-refractivity contribution in [2.75, 3.05) is 137 Å². The fraction of sp³-hybridized carbons (Fsp3) is 0.562. The number of likely N-dealkylation sites (tertiary alicyclic amines) is 2. The predicted octanol–water partition coefficient (Wildman–Crippen LogP) is 5.20. The van der Waals surface area contributed by atoms with Crippen molar-refractivity contribution in [2.45, 2.75) is 105 Å². The Balaban J connectivity index is 0.632. The number of carbonyl (C=O) groups is 4. The normalized spacial score (nSPS) is 18.9. The molecule has 2 saturated heterocycles. The molecule has 88 heavy (non-hydrogen) atoms. The number of carbonyl (C=O) groups excluding carboxylic acids is 2. The van der Waals surface area contributed by atoms with E-state index in [9.17, 15) is 46.2 Å². The summed E-state index contributed by atoms with van der Waals surface area (Å²) < 4.78 is 90.4. The number of Topliss-reactive ketones (excluding diaryl/α,β-unsaturated/α-hetero) is 1. The first kappa shape index (κ1) is 68.0. The fourth-order valence-corrected chi connectivity index (χ4v) is 14.3. The first-order valence-electron chi connectivity index (χ1n) is 31.0. The lowest BCUT2D eigenvalue weighted by atomic mass is 10.0. The van der Waals surface area contributed by atoms with Gasteiger partial charge in [0.2, 0.25) is 15.9 Å². The number of sulfonamides is 1. The number of rotatable bonds is 40. The molecule has 4 aromatic carbocycles. The van der Waals surface area contributed by atoms with Crippen molar-refractivity contribution < 1.29 is 74.6 Å². The standard InChI is InChI=1S/C64H88N6O16S2/c71-51(15-11-34-81-38-41-84-37-27-66-88(79,80)55-24-20-53(21-25-55)86-64-57-17-6-4-14-50(57)44-59(64)70-30-9-2-10-31-70)45-67(47-61(73)74)32-33-68(48-62(75)76)46-60(72)65-26-36-83-40-39-82-35-12-42-87(77,78)54-22-18-52(19-23-54)85-63-56-16-5-3-13-49(56)43-58(63)69-28-7-1-8-29-69/h3-6,13-14,16-25,58-59,63-64,66H,1-2,7-12,15,26-48H2,(H,65,72)(H,73,74)(H,75,76)/t58-,59-,63-,64-/m0/s1. The Morgan fingerprint density at radius 1 is 0.511 bits per heavy atom. The van der Waals surface area contributed by atoms with E-state index in [1.807, 2.05) is 12.1 Å². The first-order valence-corrected chi connectivity index (χ1v) is 34.1. The summed E-state index contributed by atoms with van der Waals surface area (Å²) >= 11 is 0. The second kappa shape index (κ2) is 34.9. The zero-order chi connectivity index (χ0) is 62.1. The SMILES string of the molecule is O=C(O)CN(CCN(CC(=O)O)CC(=O)NCCOCCOCCCS(=O)(=O)c1ccc(O[C@H]2c3ccccc3C[C@@H]2N2CCCCC2)cc1)CC(=O)CCCOCCOCCNS(=O)(=O)c1ccc(O[C@H]2c3ccccc3C[C@@H]2N2CCCCC2)cc1. The van der Waals surface area contributed by atoms with E-state index in [1.165, 1.54) is 82.7 Å². The second-order valence-electron chi connectivity index (χ2n) is 22.9. The maximum absolute atomic E-state index is 13.2. The van der Waals surface area contributed by atoms with Crippen LogP contribution in [0.4, 0.5) is 0 Å². The van der Waals surface area contributed by atoms with Gasteiger partial charge in [0, 0.05) is 45.8 Å². The zero-order valence-electron chi connectivity index (χ0n) is 50.4. The van der Waals surface area contributed by atoms with Crippen molar-refractivity contribution in [3.63, 3.8) is 0 Å². The van der Waals surface area contributed by atoms with Gasteiger partial charge in [-0.25, -0.2) is 21.6 Å². The van der Waals surface area contributed by atoms with E-state index in [1.54, 1.807) is 36.4 Å². The summed E-state index contributed by atoms with van der Waals surface area (Å²) in [6.45, 7) is 4.38. The maximum atomic E-state index is 13.2. The number of fused-ring (bicyclic) bond motifs is 2. The second-order valence-corrected chi connectivity index (χ2v) is 26.8. The predicted molar refractivity (Wildman–Crippen MR) is 329 cm³/mol. The molecule has 0 radical (unpaired) electrons. The Morgan fingerprint density at radius 2 is 0.966 bits per heavy atom. The average Bonchev–Trinajstić information content (AvgIpc) is 3.28. The minimum Gasteiger partial charge on any atom is -0.484 e. The number of carboxylic acid groups (broad SMARTS) is 2. The van der Waals surface area contributed by atoms with E-state index in [0.717, 1.165) is 39.0 Å². The number of nitrogens with one attached hydrogen (secondary N) is 2. The fourth-order valence-electron chi connectivity index (χ4n) is 12.0. The molecule has 0 bridgehead atoms. The topological polar surface area (TPSA) is 269 Å². The maximum Gasteiger partial charge on any atom is 0.317 e. The van der Waals surface area contributed by atoms with Crippen LogP contribution in [0.15, 0.2) is 107 Å². The molecule has 4 aliphatic rings. The van der Waals surface area contributed by atoms with E-state index < -0.39 is 50.8 Å². The third-order valence-corrected chi connectivity index (χ3v) is 19.7. The number of piperidine rings is 2. The van der Waals surface area contributed by atoms with Crippen LogP contribution in [-0.2, 0) is 70.8 Å². The van der Waals surface area contributed by atoms with Crippen molar-refractivity contribution >= 4 is 43.5 Å². The highest BCUT2D eigenvalue weighted by atomic mass is 32.2. The number of carboxylic acids is 2. The van der Waals surface area contributed by atoms with Crippen LogP contribution in [0.25, 0.3) is 0 Å². The van der Waals surface area contributed by atoms with Crippen LogP contribution in [0.1, 0.15) is 92.2 Å². The molecule has 482 valence electrons. The van der Waals surface area contributed by atoms with Gasteiger partial charge in [-0.2, -0.15) is 0 Å². The molecule has 4 atom stereocenters. The van der Waals surface area contributed by atoms with E-state index in [0.29, 0.717) is 17.9 Å². The average molecular weight is 1260 g/mol. The Kier molecular flexibility index (Phi) is 27.0. The van der Waals surface area contributed by atoms with Crippen molar-refractivity contribution in [3.05, 3.63) is 119 Å². The number of ketones is 1. The number of aliphatic carboxylic acids is 2. The third kappa shape index (κ3) is 21.4. The van der Waals surface area contributed by atoms with Gasteiger partial charge >= 0.3 is 11.9 Å². The van der Waals surface area contributed by atoms with Crippen LogP contribution in [0.5, 0.6) is 11.5 Å². The zero-order valence-corrected chi connectivity index (χ0v) is 52.0. The minimum atomic E-state index is -3.80. The van der Waals surface area contributed by atoms with Gasteiger partial charge in [0.25, 0.3) is 0 Å². The molecule has 24 heteroatoms. The summed E-state index contributed by atoms with van der Waals surface area (Å²) in [5, 5.41) is 21.7. The summed E-state index contributed by atoms with van der Waals surface area (Å²) in [6, 6.07) is 30.3. The summed E-state index contributed by atoms with van der Waals surface area (Å²) in [5.41, 5.74) is 4.94. The van der Waals surface area contributed by atoms with E-state index in [4.69, 9.17) is 28.4 Å². The summed E-state index contributed by atoms with van der Waals surface area (Å²) in [7, 11) is -7.37. The third-order valence-electron chi connectivity index (χ3n) is 16.4. The molecule has 2 aliphatic carbocycles. The molecule has 22 nitrogen and oxygen atoms in total. The first-order chi connectivity index (χ1) is 42.6. The lowest BCUT2D eigenvalue weighted by Crippen LogP contribution is -2.45. The molecular weight excluding hydrogens is 1170 g/mol. The monoisotopic (exact) mass is 1260 g/mol. The molecule has 4 aromatic rings. The van der Waals surface area contributed by atoms with Gasteiger partial charge < -0.3 is 44.0 Å². The molecule has 0 unspecified atom stereocenters. The van der Waals surface area contributed by atoms with Gasteiger partial charge in [0.05, 0.1) is 93.4 Å². The summed E-state index contributed by atoms with van der Waals surface area (Å²) in [6.07, 6.45) is 9.54. The smallest absolute Gasteiger partial charge is 0.317 e. The number of benzene rings is 4. The highest BCUT2D eigenvalue weighted by Crippen LogP contribution is 2.41. The molecule has 0 spiro atoms. The molecule has 0 saturated carbocycles. The van der Waals surface area contributed by atoms with Crippen LogP contribution in [-0.4, -0.2) is 220 Å². The Labute approximate surface area is 518 Å². The van der Waals surface area contributed by atoms with E-state index in [2.05, 4.69) is 56.2 Å². The molecular formula is C64H88N6O16S2. The molecule has 2 fully saturated rings. The van der Waals surface area contributed by atoms with Crippen LogP contribution in [0.2, 0.25) is 0 Å². The van der Waals surface area contributed by atoms with Gasteiger partial charge in [-0.1, -0.05) is 61.4 Å². The van der Waals surface area contributed by atoms with Crippen LogP contribution < -0.4 is 19.5 Å². The number of amides is 1. The number of hydrogen-bond acceptors (Lipinski definition) is 18. The van der Waals surface area contributed by atoms with Crippen molar-refractivity contribution in [1.29, 1.82) is 0 Å². The Hall–Kier alpha value is -5.90. The van der Waals surface area contributed by atoms with Crippen molar-refractivity contribution in [3.8, 4) is 11.5 Å². The van der Waals surface area contributed by atoms with Gasteiger partial charge in [0.15, 0.2) is 9.84 Å². The highest BCUT2D eigenvalue weighted by Gasteiger charge is 2.40. The lowest BCUT2D eigenvalue weighted by molar-refractivity contribution is -0.141. The van der Waals surface area contributed by atoms with Crippen LogP contribution in [0, 0.1) is 0 Å². The van der Waals surface area contributed by atoms with Gasteiger partial charge in [-0.3, -0.25) is 38.8 Å². The van der Waals surface area contributed by atoms with Crippen molar-refractivity contribution in [2.24, 2.45) is 0 Å². The van der Waals surface area contributed by atoms with Crippen LogP contribution in [0.3, 0.4) is 0 Å². The summed E-state index contributed by atoms with van der Waals surface area (Å²) in [4.78, 5) is 57.1. The minimum absolute atomic E-state index is 0.00467. The Morgan fingerprint density at radius 3 is 1.48 bits per heavy atom. The molecule has 4 N–H and O–H groups in total. The number of nitrogens with zero attached hydrogens (tertiary/aromatic N) is 4. The number of ether oxygens (including phenoxy) is 6. The quantitative estimate of drug-likeness (QED) is 0.0417. The molecule has 2 aliphatic heterocycles. The Bertz CT molecular complexity index is 2870. The largest absolute Gasteiger partial charge is 0.484 e.